The third-order valence-corrected chi connectivity index (χ3v) is 4.09. The minimum Gasteiger partial charge on any atom is -0.475 e. The summed E-state index contributed by atoms with van der Waals surface area (Å²) < 4.78 is 50.7. The Morgan fingerprint density at radius 3 is 2.30 bits per heavy atom. The van der Waals surface area contributed by atoms with Gasteiger partial charge in [0.2, 0.25) is 6.10 Å². The van der Waals surface area contributed by atoms with Gasteiger partial charge in [0.05, 0.1) is 5.57 Å². The van der Waals surface area contributed by atoms with Crippen LogP contribution in [0.2, 0.25) is 0 Å². The number of hydrogen-bond donors (Lipinski definition) is 0. The highest BCUT2D eigenvalue weighted by atomic mass is 79.9. The number of fused-ring (bicyclic) bond motifs is 1. The van der Waals surface area contributed by atoms with E-state index in [-0.39, 0.29) is 11.3 Å². The van der Waals surface area contributed by atoms with E-state index in [1.54, 1.807) is 0 Å². The standard InChI is InChI=1S/C15H12BrF3N2O9/c1-7-2-9(16)3-8-4-11(13(15(17,18)19)30-12(7)8)14(22)29-10(5-27-20(23)24)6-28-21(25)26/h2-4,10,13H,5-6H2,1H3. The van der Waals surface area contributed by atoms with Gasteiger partial charge in [-0.3, -0.25) is 0 Å². The maximum absolute atomic E-state index is 13.5. The van der Waals surface area contributed by atoms with Crippen molar-refractivity contribution in [2.24, 2.45) is 0 Å². The Hall–Kier alpha value is -3.10. The highest BCUT2D eigenvalue weighted by molar-refractivity contribution is 9.10. The summed E-state index contributed by atoms with van der Waals surface area (Å²) >= 11 is 3.18. The lowest BCUT2D eigenvalue weighted by molar-refractivity contribution is -0.768. The average Bonchev–Trinajstić information content (AvgIpc) is 2.61. The van der Waals surface area contributed by atoms with Crippen LogP contribution in [0.5, 0.6) is 5.75 Å². The van der Waals surface area contributed by atoms with Gasteiger partial charge in [0.15, 0.2) is 0 Å². The minimum atomic E-state index is -5.01. The van der Waals surface area contributed by atoms with Gasteiger partial charge in [-0.25, -0.2) is 4.79 Å². The molecule has 1 aromatic carbocycles. The molecular formula is C15H12BrF3N2O9. The van der Waals surface area contributed by atoms with Crippen LogP contribution in [0.4, 0.5) is 13.2 Å². The highest BCUT2D eigenvalue weighted by Crippen LogP contribution is 2.40. The SMILES string of the molecule is Cc1cc(Br)cc2c1OC(C(F)(F)F)C(C(=O)OC(CO[N+](=O)[O-])CO[N+](=O)[O-])=C2. The van der Waals surface area contributed by atoms with E-state index in [1.165, 1.54) is 19.1 Å². The van der Waals surface area contributed by atoms with Crippen molar-refractivity contribution in [1.82, 2.24) is 0 Å². The molecule has 2 rings (SSSR count). The number of halogens is 4. The molecule has 1 heterocycles. The topological polar surface area (TPSA) is 140 Å². The molecule has 30 heavy (non-hydrogen) atoms. The third kappa shape index (κ3) is 5.95. The summed E-state index contributed by atoms with van der Waals surface area (Å²) in [5, 5.41) is 18.0. The molecular weight excluding hydrogens is 489 g/mol. The lowest BCUT2D eigenvalue weighted by Crippen LogP contribution is -2.42. The number of benzene rings is 1. The van der Waals surface area contributed by atoms with Crippen LogP contribution in [0.25, 0.3) is 6.08 Å². The van der Waals surface area contributed by atoms with E-state index in [1.807, 2.05) is 0 Å². The molecule has 0 bridgehead atoms. The third-order valence-electron chi connectivity index (χ3n) is 3.64. The van der Waals surface area contributed by atoms with Gasteiger partial charge in [0.1, 0.15) is 25.1 Å². The highest BCUT2D eigenvalue weighted by Gasteiger charge is 2.49. The van der Waals surface area contributed by atoms with Gasteiger partial charge in [-0.05, 0) is 30.7 Å². The van der Waals surface area contributed by atoms with Crippen molar-refractivity contribution in [3.63, 3.8) is 0 Å². The van der Waals surface area contributed by atoms with Crippen molar-refractivity contribution >= 4 is 28.0 Å². The Labute approximate surface area is 173 Å². The van der Waals surface area contributed by atoms with E-state index >= 15 is 0 Å². The molecule has 15 heteroatoms. The van der Waals surface area contributed by atoms with Gasteiger partial charge in [0.25, 0.3) is 10.2 Å². The zero-order valence-electron chi connectivity index (χ0n) is 14.9. The quantitative estimate of drug-likeness (QED) is 0.299. The molecule has 0 aliphatic carbocycles. The number of alkyl halides is 3. The van der Waals surface area contributed by atoms with Crippen molar-refractivity contribution < 1.29 is 47.3 Å². The fourth-order valence-electron chi connectivity index (χ4n) is 2.48. The van der Waals surface area contributed by atoms with Crippen molar-refractivity contribution in [3.8, 4) is 5.75 Å². The number of nitrogens with zero attached hydrogens (tertiary/aromatic N) is 2. The second kappa shape index (κ2) is 9.15. The van der Waals surface area contributed by atoms with Crippen LogP contribution < -0.4 is 4.74 Å². The summed E-state index contributed by atoms with van der Waals surface area (Å²) in [6.07, 6.45) is -8.54. The molecule has 0 spiro atoms. The van der Waals surface area contributed by atoms with E-state index < -0.39 is 53.3 Å². The maximum Gasteiger partial charge on any atom is 0.430 e. The van der Waals surface area contributed by atoms with Gasteiger partial charge >= 0.3 is 12.1 Å². The predicted octanol–water partition coefficient (Wildman–Crippen LogP) is 2.79. The molecule has 1 aromatic rings. The summed E-state index contributed by atoms with van der Waals surface area (Å²) in [6.45, 7) is -0.495. The lowest BCUT2D eigenvalue weighted by Gasteiger charge is -2.29. The number of ether oxygens (including phenoxy) is 2. The first-order valence-electron chi connectivity index (χ1n) is 7.89. The molecule has 0 aromatic heterocycles. The molecule has 1 atom stereocenters. The van der Waals surface area contributed by atoms with Crippen LogP contribution in [-0.4, -0.2) is 47.7 Å². The van der Waals surface area contributed by atoms with E-state index in [0.717, 1.165) is 6.08 Å². The van der Waals surface area contributed by atoms with Crippen LogP contribution in [0, 0.1) is 27.2 Å². The van der Waals surface area contributed by atoms with Crippen molar-refractivity contribution in [3.05, 3.63) is 53.5 Å². The Bertz CT molecular complexity index is 873. The summed E-state index contributed by atoms with van der Waals surface area (Å²) in [7, 11) is 0. The molecule has 0 saturated heterocycles. The zero-order valence-corrected chi connectivity index (χ0v) is 16.5. The summed E-state index contributed by atoms with van der Waals surface area (Å²) in [5.74, 6) is -1.66. The number of hydrogen-bond acceptors (Lipinski definition) is 9. The van der Waals surface area contributed by atoms with E-state index in [9.17, 15) is 38.2 Å². The first-order valence-corrected chi connectivity index (χ1v) is 8.68. The van der Waals surface area contributed by atoms with Gasteiger partial charge in [0, 0.05) is 10.0 Å². The smallest absolute Gasteiger partial charge is 0.430 e. The molecule has 164 valence electrons. The molecule has 1 unspecified atom stereocenters. The molecule has 0 amide bonds. The summed E-state index contributed by atoms with van der Waals surface area (Å²) in [5.41, 5.74) is -0.442. The van der Waals surface area contributed by atoms with Crippen molar-refractivity contribution in [2.45, 2.75) is 25.3 Å². The first kappa shape index (κ1) is 23.2. The molecule has 1 aliphatic rings. The summed E-state index contributed by atoms with van der Waals surface area (Å²) in [6, 6.07) is 2.93. The number of aryl methyl sites for hydroxylation is 1. The summed E-state index contributed by atoms with van der Waals surface area (Å²) in [4.78, 5) is 40.9. The number of esters is 1. The largest absolute Gasteiger partial charge is 0.475 e. The Morgan fingerprint density at radius 2 is 1.80 bits per heavy atom. The van der Waals surface area contributed by atoms with E-state index in [4.69, 9.17) is 9.47 Å². The van der Waals surface area contributed by atoms with E-state index in [2.05, 4.69) is 25.6 Å². The van der Waals surface area contributed by atoms with Crippen LogP contribution in [0.15, 0.2) is 22.2 Å². The fourth-order valence-corrected chi connectivity index (χ4v) is 3.07. The Kier molecular flexibility index (Phi) is 7.07. The molecule has 0 fully saturated rings. The minimum absolute atomic E-state index is 0.0954. The van der Waals surface area contributed by atoms with Gasteiger partial charge in [-0.1, -0.05) is 15.9 Å². The second-order valence-electron chi connectivity index (χ2n) is 5.85. The van der Waals surface area contributed by atoms with Gasteiger partial charge < -0.3 is 19.1 Å². The number of rotatable bonds is 8. The monoisotopic (exact) mass is 500 g/mol. The predicted molar refractivity (Wildman–Crippen MR) is 93.1 cm³/mol. The normalized spacial score (nSPS) is 15.5. The van der Waals surface area contributed by atoms with Crippen LogP contribution in [-0.2, 0) is 19.2 Å². The van der Waals surface area contributed by atoms with Gasteiger partial charge in [-0.15, -0.1) is 20.2 Å². The van der Waals surface area contributed by atoms with Gasteiger partial charge in [-0.2, -0.15) is 13.2 Å². The van der Waals surface area contributed by atoms with E-state index in [0.29, 0.717) is 10.0 Å². The average molecular weight is 501 g/mol. The maximum atomic E-state index is 13.5. The molecule has 0 radical (unpaired) electrons. The Morgan fingerprint density at radius 1 is 1.23 bits per heavy atom. The van der Waals surface area contributed by atoms with Crippen molar-refractivity contribution in [1.29, 1.82) is 0 Å². The van der Waals surface area contributed by atoms with Crippen LogP contribution in [0.1, 0.15) is 11.1 Å². The van der Waals surface area contributed by atoms with Crippen molar-refractivity contribution in [2.75, 3.05) is 13.2 Å². The number of carbonyl (C=O) groups is 1. The Balaban J connectivity index is 2.34. The number of carbonyl (C=O) groups excluding carboxylic acids is 1. The molecule has 0 saturated carbocycles. The molecule has 0 N–H and O–H groups in total. The van der Waals surface area contributed by atoms with Crippen LogP contribution >= 0.6 is 15.9 Å². The zero-order chi connectivity index (χ0) is 22.6. The fraction of sp³-hybridized carbons (Fsp3) is 0.400. The molecule has 11 nitrogen and oxygen atoms in total. The van der Waals surface area contributed by atoms with Crippen LogP contribution in [0.3, 0.4) is 0 Å². The second-order valence-corrected chi connectivity index (χ2v) is 6.76. The lowest BCUT2D eigenvalue weighted by atomic mass is 9.99. The molecule has 1 aliphatic heterocycles. The first-order chi connectivity index (χ1) is 13.9.